The van der Waals surface area contributed by atoms with Crippen LogP contribution in [0.25, 0.3) is 0 Å². The highest BCUT2D eigenvalue weighted by atomic mass is 15.2. The lowest BCUT2D eigenvalue weighted by atomic mass is 9.87. The van der Waals surface area contributed by atoms with Crippen molar-refractivity contribution in [1.82, 2.24) is 10.2 Å². The summed E-state index contributed by atoms with van der Waals surface area (Å²) in [5.41, 5.74) is 0. The van der Waals surface area contributed by atoms with Crippen molar-refractivity contribution >= 4 is 0 Å². The fourth-order valence-electron chi connectivity index (χ4n) is 4.71. The Labute approximate surface area is 106 Å². The molecule has 2 bridgehead atoms. The van der Waals surface area contributed by atoms with Gasteiger partial charge in [0, 0.05) is 18.1 Å². The highest BCUT2D eigenvalue weighted by molar-refractivity contribution is 4.98. The molecule has 2 saturated heterocycles. The number of hydrogen-bond acceptors (Lipinski definition) is 2. The van der Waals surface area contributed by atoms with E-state index in [1.54, 1.807) is 0 Å². The van der Waals surface area contributed by atoms with Gasteiger partial charge in [-0.15, -0.1) is 0 Å². The summed E-state index contributed by atoms with van der Waals surface area (Å²) in [6, 6.07) is 2.88. The van der Waals surface area contributed by atoms with Crippen LogP contribution in [0.4, 0.5) is 0 Å². The standard InChI is InChI=1S/C15H28N2/c1-16-9-8-12-10-14-6-7-15(11-12)17(14)13-4-2-3-5-13/h12-16H,2-11H2,1H3. The number of nitrogens with zero attached hydrogens (tertiary/aromatic N) is 1. The second-order valence-corrected chi connectivity index (χ2v) is 6.50. The summed E-state index contributed by atoms with van der Waals surface area (Å²) < 4.78 is 0. The molecule has 2 heteroatoms. The molecule has 2 aliphatic heterocycles. The van der Waals surface area contributed by atoms with E-state index < -0.39 is 0 Å². The van der Waals surface area contributed by atoms with Crippen LogP contribution in [0.2, 0.25) is 0 Å². The molecule has 17 heavy (non-hydrogen) atoms. The summed E-state index contributed by atoms with van der Waals surface area (Å²) in [5.74, 6) is 1.01. The molecule has 3 fully saturated rings. The van der Waals surface area contributed by atoms with Gasteiger partial charge in [0.2, 0.25) is 0 Å². The van der Waals surface area contributed by atoms with E-state index >= 15 is 0 Å². The predicted octanol–water partition coefficient (Wildman–Crippen LogP) is 2.78. The smallest absolute Gasteiger partial charge is 0.0104 e. The average Bonchev–Trinajstić information content (AvgIpc) is 2.93. The quantitative estimate of drug-likeness (QED) is 0.807. The molecule has 0 aromatic heterocycles. The topological polar surface area (TPSA) is 15.3 Å². The van der Waals surface area contributed by atoms with Crippen LogP contribution in [-0.4, -0.2) is 36.6 Å². The van der Waals surface area contributed by atoms with Gasteiger partial charge in [0.05, 0.1) is 0 Å². The Morgan fingerprint density at radius 3 is 2.18 bits per heavy atom. The zero-order valence-electron chi connectivity index (χ0n) is 11.3. The molecular formula is C15H28N2. The molecule has 1 saturated carbocycles. The van der Waals surface area contributed by atoms with Crippen LogP contribution in [0, 0.1) is 5.92 Å². The third-order valence-corrected chi connectivity index (χ3v) is 5.44. The van der Waals surface area contributed by atoms with Crippen molar-refractivity contribution in [3.05, 3.63) is 0 Å². The van der Waals surface area contributed by atoms with Crippen molar-refractivity contribution in [3.63, 3.8) is 0 Å². The fourth-order valence-corrected chi connectivity index (χ4v) is 4.71. The Bertz CT molecular complexity index is 233. The van der Waals surface area contributed by atoms with E-state index in [2.05, 4.69) is 17.3 Å². The number of rotatable bonds is 4. The van der Waals surface area contributed by atoms with Crippen molar-refractivity contribution in [2.75, 3.05) is 13.6 Å². The molecule has 3 aliphatic rings. The van der Waals surface area contributed by atoms with E-state index in [-0.39, 0.29) is 0 Å². The van der Waals surface area contributed by atoms with Gasteiger partial charge in [-0.3, -0.25) is 4.90 Å². The summed E-state index contributed by atoms with van der Waals surface area (Å²) in [7, 11) is 2.09. The molecule has 0 radical (unpaired) electrons. The maximum Gasteiger partial charge on any atom is 0.0104 e. The minimum Gasteiger partial charge on any atom is -0.320 e. The minimum atomic E-state index is 0.957. The van der Waals surface area contributed by atoms with Gasteiger partial charge in [-0.1, -0.05) is 12.8 Å². The Kier molecular flexibility index (Phi) is 3.72. The molecular weight excluding hydrogens is 208 g/mol. The largest absolute Gasteiger partial charge is 0.320 e. The summed E-state index contributed by atoms with van der Waals surface area (Å²) in [6.45, 7) is 1.22. The molecule has 2 unspecified atom stereocenters. The van der Waals surface area contributed by atoms with Gasteiger partial charge in [-0.2, -0.15) is 0 Å². The van der Waals surface area contributed by atoms with Gasteiger partial charge in [-0.05, 0) is 64.5 Å². The fraction of sp³-hybridized carbons (Fsp3) is 1.00. The van der Waals surface area contributed by atoms with E-state index in [1.807, 2.05) is 0 Å². The Morgan fingerprint density at radius 1 is 0.941 bits per heavy atom. The summed E-state index contributed by atoms with van der Waals surface area (Å²) in [6.07, 6.45) is 13.4. The van der Waals surface area contributed by atoms with Crippen molar-refractivity contribution in [1.29, 1.82) is 0 Å². The van der Waals surface area contributed by atoms with Crippen LogP contribution >= 0.6 is 0 Å². The predicted molar refractivity (Wildman–Crippen MR) is 72.2 cm³/mol. The Balaban J connectivity index is 1.59. The first-order chi connectivity index (χ1) is 8.38. The Morgan fingerprint density at radius 2 is 1.59 bits per heavy atom. The molecule has 98 valence electrons. The zero-order chi connectivity index (χ0) is 11.7. The molecule has 0 spiro atoms. The van der Waals surface area contributed by atoms with Gasteiger partial charge in [-0.25, -0.2) is 0 Å². The molecule has 0 amide bonds. The van der Waals surface area contributed by atoms with Crippen molar-refractivity contribution in [2.24, 2.45) is 5.92 Å². The van der Waals surface area contributed by atoms with Gasteiger partial charge in [0.25, 0.3) is 0 Å². The third kappa shape index (κ3) is 2.39. The van der Waals surface area contributed by atoms with Gasteiger partial charge < -0.3 is 5.32 Å². The second kappa shape index (κ2) is 5.27. The maximum absolute atomic E-state index is 3.32. The van der Waals surface area contributed by atoms with Crippen LogP contribution in [0.3, 0.4) is 0 Å². The van der Waals surface area contributed by atoms with E-state index in [1.165, 1.54) is 64.3 Å². The SMILES string of the molecule is CNCCC1CC2CCC(C1)N2C1CCCC1. The minimum absolute atomic E-state index is 0.957. The molecule has 1 N–H and O–H groups in total. The number of piperidine rings is 1. The number of fused-ring (bicyclic) bond motifs is 2. The van der Waals surface area contributed by atoms with Gasteiger partial charge >= 0.3 is 0 Å². The Hall–Kier alpha value is -0.0800. The van der Waals surface area contributed by atoms with Crippen LogP contribution < -0.4 is 5.32 Å². The lowest BCUT2D eigenvalue weighted by Gasteiger charge is -2.42. The first-order valence-corrected chi connectivity index (χ1v) is 7.80. The van der Waals surface area contributed by atoms with E-state index in [0.717, 1.165) is 24.0 Å². The van der Waals surface area contributed by atoms with E-state index in [4.69, 9.17) is 0 Å². The van der Waals surface area contributed by atoms with Crippen LogP contribution in [-0.2, 0) is 0 Å². The molecule has 1 aliphatic carbocycles. The summed E-state index contributed by atoms with van der Waals surface area (Å²) >= 11 is 0. The first kappa shape index (κ1) is 12.0. The highest BCUT2D eigenvalue weighted by Crippen LogP contribution is 2.43. The first-order valence-electron chi connectivity index (χ1n) is 7.80. The lowest BCUT2D eigenvalue weighted by Crippen LogP contribution is -2.48. The highest BCUT2D eigenvalue weighted by Gasteiger charge is 2.43. The third-order valence-electron chi connectivity index (χ3n) is 5.44. The van der Waals surface area contributed by atoms with Gasteiger partial charge in [0.1, 0.15) is 0 Å². The monoisotopic (exact) mass is 236 g/mol. The van der Waals surface area contributed by atoms with Gasteiger partial charge in [0.15, 0.2) is 0 Å². The molecule has 2 heterocycles. The van der Waals surface area contributed by atoms with Crippen molar-refractivity contribution in [3.8, 4) is 0 Å². The van der Waals surface area contributed by atoms with Crippen molar-refractivity contribution < 1.29 is 0 Å². The van der Waals surface area contributed by atoms with Crippen LogP contribution in [0.15, 0.2) is 0 Å². The average molecular weight is 236 g/mol. The normalized spacial score (nSPS) is 39.0. The molecule has 0 aromatic rings. The van der Waals surface area contributed by atoms with E-state index in [9.17, 15) is 0 Å². The molecule has 3 rings (SSSR count). The summed E-state index contributed by atoms with van der Waals surface area (Å²) in [4.78, 5) is 2.96. The lowest BCUT2D eigenvalue weighted by molar-refractivity contribution is 0.0592. The number of nitrogens with one attached hydrogen (secondary N) is 1. The van der Waals surface area contributed by atoms with Crippen LogP contribution in [0.5, 0.6) is 0 Å². The molecule has 2 nitrogen and oxygen atoms in total. The zero-order valence-corrected chi connectivity index (χ0v) is 11.3. The van der Waals surface area contributed by atoms with E-state index in [0.29, 0.717) is 0 Å². The van der Waals surface area contributed by atoms with Crippen LogP contribution in [0.1, 0.15) is 57.8 Å². The summed E-state index contributed by atoms with van der Waals surface area (Å²) in [5, 5.41) is 3.32. The molecule has 0 aromatic carbocycles. The number of hydrogen-bond donors (Lipinski definition) is 1. The maximum atomic E-state index is 3.32. The van der Waals surface area contributed by atoms with Crippen molar-refractivity contribution in [2.45, 2.75) is 75.9 Å². The second-order valence-electron chi connectivity index (χ2n) is 6.50. The molecule has 2 atom stereocenters.